The van der Waals surface area contributed by atoms with E-state index in [9.17, 15) is 4.79 Å². The zero-order valence-corrected chi connectivity index (χ0v) is 13.8. The lowest BCUT2D eigenvalue weighted by Crippen LogP contribution is -2.13. The number of rotatable bonds is 4. The zero-order valence-electron chi connectivity index (χ0n) is 12.3. The second-order valence-corrected chi connectivity index (χ2v) is 5.66. The van der Waals surface area contributed by atoms with Gasteiger partial charge in [-0.05, 0) is 36.4 Å². The van der Waals surface area contributed by atoms with E-state index in [4.69, 9.17) is 23.2 Å². The highest BCUT2D eigenvalue weighted by atomic mass is 35.5. The molecule has 0 fully saturated rings. The van der Waals surface area contributed by atoms with Gasteiger partial charge in [0.1, 0.15) is 0 Å². The molecule has 24 heavy (non-hydrogen) atoms. The molecule has 0 bridgehead atoms. The second-order valence-electron chi connectivity index (χ2n) is 4.85. The van der Waals surface area contributed by atoms with Crippen LogP contribution in [0.4, 0.5) is 17.3 Å². The van der Waals surface area contributed by atoms with Crippen molar-refractivity contribution in [3.63, 3.8) is 0 Å². The van der Waals surface area contributed by atoms with Gasteiger partial charge in [0.2, 0.25) is 0 Å². The Morgan fingerprint density at radius 1 is 0.792 bits per heavy atom. The van der Waals surface area contributed by atoms with Gasteiger partial charge in [0.15, 0.2) is 11.6 Å². The number of amides is 1. The maximum atomic E-state index is 12.0. The Bertz CT molecular complexity index is 834. The SMILES string of the molecule is O=C(Nc1ccc(Nc2c(Cl)cccc2Cl)nn1)c1ccccc1. The molecule has 7 heteroatoms. The molecule has 5 nitrogen and oxygen atoms in total. The Morgan fingerprint density at radius 3 is 2.04 bits per heavy atom. The molecule has 120 valence electrons. The van der Waals surface area contributed by atoms with Gasteiger partial charge < -0.3 is 10.6 Å². The van der Waals surface area contributed by atoms with E-state index in [0.29, 0.717) is 32.9 Å². The van der Waals surface area contributed by atoms with Gasteiger partial charge >= 0.3 is 0 Å². The fourth-order valence-electron chi connectivity index (χ4n) is 1.99. The van der Waals surface area contributed by atoms with Crippen LogP contribution < -0.4 is 10.6 Å². The lowest BCUT2D eigenvalue weighted by molar-refractivity contribution is 0.102. The van der Waals surface area contributed by atoms with Gasteiger partial charge in [-0.15, -0.1) is 10.2 Å². The van der Waals surface area contributed by atoms with Crippen molar-refractivity contribution in [2.24, 2.45) is 0 Å². The Labute approximate surface area is 148 Å². The average molecular weight is 359 g/mol. The molecule has 3 rings (SSSR count). The summed E-state index contributed by atoms with van der Waals surface area (Å²) in [5, 5.41) is 14.6. The third kappa shape index (κ3) is 3.82. The molecule has 0 aliphatic carbocycles. The van der Waals surface area contributed by atoms with Gasteiger partial charge in [-0.2, -0.15) is 0 Å². The number of anilines is 3. The van der Waals surface area contributed by atoms with E-state index in [-0.39, 0.29) is 5.91 Å². The molecular formula is C17H12Cl2N4O. The number of nitrogens with one attached hydrogen (secondary N) is 2. The van der Waals surface area contributed by atoms with Crippen LogP contribution in [0.25, 0.3) is 0 Å². The van der Waals surface area contributed by atoms with Crippen molar-refractivity contribution in [3.8, 4) is 0 Å². The molecular weight excluding hydrogens is 347 g/mol. The van der Waals surface area contributed by atoms with Crippen molar-refractivity contribution >= 4 is 46.4 Å². The quantitative estimate of drug-likeness (QED) is 0.704. The van der Waals surface area contributed by atoms with Crippen molar-refractivity contribution in [1.29, 1.82) is 0 Å². The third-order valence-corrected chi connectivity index (χ3v) is 3.79. The van der Waals surface area contributed by atoms with Gasteiger partial charge in [0.05, 0.1) is 15.7 Å². The highest BCUT2D eigenvalue weighted by Gasteiger charge is 2.09. The highest BCUT2D eigenvalue weighted by Crippen LogP contribution is 2.31. The molecule has 0 atom stereocenters. The molecule has 0 unspecified atom stereocenters. The largest absolute Gasteiger partial charge is 0.336 e. The minimum absolute atomic E-state index is 0.250. The van der Waals surface area contributed by atoms with Crippen LogP contribution >= 0.6 is 23.2 Å². The minimum Gasteiger partial charge on any atom is -0.336 e. The van der Waals surface area contributed by atoms with Crippen LogP contribution in [-0.4, -0.2) is 16.1 Å². The first kappa shape index (κ1) is 16.2. The van der Waals surface area contributed by atoms with Gasteiger partial charge in [-0.25, -0.2) is 0 Å². The van der Waals surface area contributed by atoms with Crippen molar-refractivity contribution in [1.82, 2.24) is 10.2 Å². The number of carbonyl (C=O) groups excluding carboxylic acids is 1. The number of nitrogens with zero attached hydrogens (tertiary/aromatic N) is 2. The van der Waals surface area contributed by atoms with Crippen molar-refractivity contribution in [3.05, 3.63) is 76.3 Å². The predicted molar refractivity (Wildman–Crippen MR) is 96.2 cm³/mol. The summed E-state index contributed by atoms with van der Waals surface area (Å²) >= 11 is 12.2. The first-order valence-electron chi connectivity index (χ1n) is 7.04. The monoisotopic (exact) mass is 358 g/mol. The Hall–Kier alpha value is -2.63. The van der Waals surface area contributed by atoms with E-state index in [1.807, 2.05) is 6.07 Å². The van der Waals surface area contributed by atoms with E-state index in [2.05, 4.69) is 20.8 Å². The molecule has 0 radical (unpaired) electrons. The summed E-state index contributed by atoms with van der Waals surface area (Å²) in [4.78, 5) is 12.0. The number of hydrogen-bond acceptors (Lipinski definition) is 4. The molecule has 0 aliphatic heterocycles. The van der Waals surface area contributed by atoms with Crippen LogP contribution in [0, 0.1) is 0 Å². The maximum Gasteiger partial charge on any atom is 0.256 e. The Balaban J connectivity index is 1.71. The lowest BCUT2D eigenvalue weighted by Gasteiger charge is -2.09. The molecule has 0 aliphatic rings. The molecule has 1 aromatic heterocycles. The normalized spacial score (nSPS) is 10.2. The van der Waals surface area contributed by atoms with Crippen molar-refractivity contribution in [2.75, 3.05) is 10.6 Å². The van der Waals surface area contributed by atoms with Gasteiger partial charge in [-0.1, -0.05) is 47.5 Å². The molecule has 3 aromatic rings. The van der Waals surface area contributed by atoms with Crippen LogP contribution in [0.2, 0.25) is 10.0 Å². The molecule has 2 aromatic carbocycles. The lowest BCUT2D eigenvalue weighted by atomic mass is 10.2. The van der Waals surface area contributed by atoms with Crippen molar-refractivity contribution < 1.29 is 4.79 Å². The van der Waals surface area contributed by atoms with E-state index in [0.717, 1.165) is 0 Å². The predicted octanol–water partition coefficient (Wildman–Crippen LogP) is 4.78. The second kappa shape index (κ2) is 7.29. The number of carbonyl (C=O) groups is 1. The average Bonchev–Trinajstić information content (AvgIpc) is 2.60. The van der Waals surface area contributed by atoms with E-state index in [1.165, 1.54) is 0 Å². The standard InChI is InChI=1S/C17H12Cl2N4O/c18-12-7-4-8-13(19)16(12)20-14-9-10-15(23-22-14)21-17(24)11-5-2-1-3-6-11/h1-10H,(H,20,22)(H,21,23,24). The number of aromatic nitrogens is 2. The van der Waals surface area contributed by atoms with Crippen LogP contribution in [0.1, 0.15) is 10.4 Å². The van der Waals surface area contributed by atoms with E-state index < -0.39 is 0 Å². The van der Waals surface area contributed by atoms with Crippen molar-refractivity contribution in [2.45, 2.75) is 0 Å². The summed E-state index contributed by atoms with van der Waals surface area (Å²) in [6.45, 7) is 0. The number of benzene rings is 2. The summed E-state index contributed by atoms with van der Waals surface area (Å²) in [7, 11) is 0. The molecule has 0 saturated carbocycles. The molecule has 2 N–H and O–H groups in total. The zero-order chi connectivity index (χ0) is 16.9. The van der Waals surface area contributed by atoms with E-state index in [1.54, 1.807) is 54.6 Å². The summed E-state index contributed by atoms with van der Waals surface area (Å²) in [6.07, 6.45) is 0. The first-order valence-corrected chi connectivity index (χ1v) is 7.80. The van der Waals surface area contributed by atoms with Gasteiger partial charge in [-0.3, -0.25) is 4.79 Å². The smallest absolute Gasteiger partial charge is 0.256 e. The first-order chi connectivity index (χ1) is 11.6. The summed E-state index contributed by atoms with van der Waals surface area (Å²) in [5.74, 6) is 0.558. The molecule has 1 heterocycles. The molecule has 0 spiro atoms. The van der Waals surface area contributed by atoms with Crippen LogP contribution in [-0.2, 0) is 0 Å². The Kier molecular flexibility index (Phi) is 4.93. The van der Waals surface area contributed by atoms with Crippen LogP contribution in [0.3, 0.4) is 0 Å². The van der Waals surface area contributed by atoms with Gasteiger partial charge in [0, 0.05) is 5.56 Å². The maximum absolute atomic E-state index is 12.0. The van der Waals surface area contributed by atoms with Crippen LogP contribution in [0.15, 0.2) is 60.7 Å². The summed E-state index contributed by atoms with van der Waals surface area (Å²) in [6, 6.07) is 17.4. The van der Waals surface area contributed by atoms with Crippen LogP contribution in [0.5, 0.6) is 0 Å². The Morgan fingerprint density at radius 2 is 1.42 bits per heavy atom. The van der Waals surface area contributed by atoms with Gasteiger partial charge in [0.25, 0.3) is 5.91 Å². The highest BCUT2D eigenvalue weighted by molar-refractivity contribution is 6.39. The molecule has 1 amide bonds. The summed E-state index contributed by atoms with van der Waals surface area (Å²) < 4.78 is 0. The van der Waals surface area contributed by atoms with E-state index >= 15 is 0 Å². The number of hydrogen-bond donors (Lipinski definition) is 2. The summed E-state index contributed by atoms with van der Waals surface area (Å²) in [5.41, 5.74) is 1.10. The molecule has 0 saturated heterocycles. The fourth-order valence-corrected chi connectivity index (χ4v) is 2.48. The fraction of sp³-hybridized carbons (Fsp3) is 0. The minimum atomic E-state index is -0.250. The third-order valence-electron chi connectivity index (χ3n) is 3.16. The number of para-hydroxylation sites is 1. The number of halogens is 2. The topological polar surface area (TPSA) is 66.9 Å².